The monoisotopic (exact) mass is 340 g/mol. The summed E-state index contributed by atoms with van der Waals surface area (Å²) in [6.07, 6.45) is -8.00. The summed E-state index contributed by atoms with van der Waals surface area (Å²) in [5, 5.41) is 40.4. The predicted octanol–water partition coefficient (Wildman–Crippen LogP) is -0.259. The van der Waals surface area contributed by atoms with Gasteiger partial charge in [-0.25, -0.2) is 0 Å². The first-order valence-electron chi connectivity index (χ1n) is 8.03. The highest BCUT2D eigenvalue weighted by Crippen LogP contribution is 2.27. The largest absolute Gasteiger partial charge is 0.457 e. The van der Waals surface area contributed by atoms with Crippen molar-refractivity contribution in [1.29, 1.82) is 0 Å². The highest BCUT2D eigenvalue weighted by Gasteiger charge is 2.51. The molecule has 0 amide bonds. The second-order valence-corrected chi connectivity index (χ2v) is 5.93. The van der Waals surface area contributed by atoms with Gasteiger partial charge < -0.3 is 29.9 Å². The van der Waals surface area contributed by atoms with Crippen LogP contribution in [0.4, 0.5) is 0 Å². The second-order valence-electron chi connectivity index (χ2n) is 5.93. The lowest BCUT2D eigenvalue weighted by molar-refractivity contribution is -0.245. The van der Waals surface area contributed by atoms with Crippen LogP contribution in [0.2, 0.25) is 0 Å². The molecule has 1 saturated carbocycles. The molecule has 134 valence electrons. The minimum absolute atomic E-state index is 0.0953. The number of benzene rings is 1. The van der Waals surface area contributed by atoms with Gasteiger partial charge in [-0.3, -0.25) is 4.79 Å². The van der Waals surface area contributed by atoms with E-state index in [9.17, 15) is 25.2 Å². The third-order valence-corrected chi connectivity index (χ3v) is 4.05. The lowest BCUT2D eigenvalue weighted by Crippen LogP contribution is -2.65. The number of esters is 1. The van der Waals surface area contributed by atoms with Gasteiger partial charge in [0.05, 0.1) is 6.61 Å². The average molecular weight is 340 g/mol. The van der Waals surface area contributed by atoms with E-state index in [1.54, 1.807) is 6.92 Å². The first kappa shape index (κ1) is 18.8. The van der Waals surface area contributed by atoms with Gasteiger partial charge >= 0.3 is 5.97 Å². The summed E-state index contributed by atoms with van der Waals surface area (Å²) in [7, 11) is 0. The highest BCUT2D eigenvalue weighted by molar-refractivity contribution is 5.69. The molecule has 4 N–H and O–H groups in total. The zero-order valence-corrected chi connectivity index (χ0v) is 13.5. The van der Waals surface area contributed by atoms with E-state index in [0.717, 1.165) is 5.56 Å². The lowest BCUT2D eigenvalue weighted by atomic mass is 9.84. The minimum atomic E-state index is -1.59. The Hall–Kier alpha value is -1.51. The molecule has 24 heavy (non-hydrogen) atoms. The summed E-state index contributed by atoms with van der Waals surface area (Å²) in [6.45, 7) is 1.89. The minimum Gasteiger partial charge on any atom is -0.457 e. The maximum absolute atomic E-state index is 11.6. The summed E-state index contributed by atoms with van der Waals surface area (Å²) in [4.78, 5) is 11.6. The quantitative estimate of drug-likeness (QED) is 0.527. The van der Waals surface area contributed by atoms with Crippen molar-refractivity contribution in [2.24, 2.45) is 0 Å². The molecule has 7 heteroatoms. The van der Waals surface area contributed by atoms with Gasteiger partial charge in [-0.1, -0.05) is 37.3 Å². The van der Waals surface area contributed by atoms with Gasteiger partial charge in [0.25, 0.3) is 0 Å². The van der Waals surface area contributed by atoms with Crippen LogP contribution in [0.25, 0.3) is 0 Å². The van der Waals surface area contributed by atoms with Crippen molar-refractivity contribution in [1.82, 2.24) is 0 Å². The Morgan fingerprint density at radius 2 is 1.58 bits per heavy atom. The first-order chi connectivity index (χ1) is 11.5. The molecule has 1 aromatic carbocycles. The van der Waals surface area contributed by atoms with Gasteiger partial charge in [0, 0.05) is 6.42 Å². The molecule has 1 aliphatic carbocycles. The van der Waals surface area contributed by atoms with Crippen LogP contribution >= 0.6 is 0 Å². The van der Waals surface area contributed by atoms with Gasteiger partial charge in [0.15, 0.2) is 6.10 Å². The fraction of sp³-hybridized carbons (Fsp3) is 0.588. The number of carbonyl (C=O) groups is 1. The van der Waals surface area contributed by atoms with Gasteiger partial charge in [-0.05, 0) is 12.0 Å². The number of hydrogen-bond acceptors (Lipinski definition) is 7. The summed E-state index contributed by atoms with van der Waals surface area (Å²) < 4.78 is 10.6. The molecule has 0 spiro atoms. The molecular weight excluding hydrogens is 316 g/mol. The molecule has 1 aromatic rings. The van der Waals surface area contributed by atoms with Gasteiger partial charge in [-0.15, -0.1) is 0 Å². The molecule has 0 bridgehead atoms. The maximum atomic E-state index is 11.6. The number of aliphatic hydroxyl groups excluding tert-OH is 4. The van der Waals surface area contributed by atoms with Crippen LogP contribution in [0.15, 0.2) is 30.3 Å². The Bertz CT molecular complexity index is 521. The van der Waals surface area contributed by atoms with E-state index in [2.05, 4.69) is 0 Å². The van der Waals surface area contributed by atoms with Crippen LogP contribution in [-0.2, 0) is 20.9 Å². The van der Waals surface area contributed by atoms with E-state index in [1.807, 2.05) is 30.3 Å². The van der Waals surface area contributed by atoms with Gasteiger partial charge in [-0.2, -0.15) is 0 Å². The number of rotatable bonds is 6. The van der Waals surface area contributed by atoms with E-state index in [-0.39, 0.29) is 13.0 Å². The molecule has 0 aliphatic heterocycles. The SMILES string of the molecule is CCCC(=O)O[C@H]1[C@@H](O)[C@H](OCc2ccccc2)[C@@H](O)[C@H](O)[C@H]1O. The summed E-state index contributed by atoms with van der Waals surface area (Å²) in [6, 6.07) is 9.11. The Morgan fingerprint density at radius 1 is 0.958 bits per heavy atom. The second kappa shape index (κ2) is 8.55. The van der Waals surface area contributed by atoms with Crippen molar-refractivity contribution in [2.75, 3.05) is 0 Å². The molecular formula is C17H24O7. The molecule has 0 saturated heterocycles. The van der Waals surface area contributed by atoms with E-state index in [0.29, 0.717) is 6.42 Å². The van der Waals surface area contributed by atoms with Crippen LogP contribution in [-0.4, -0.2) is 63.0 Å². The molecule has 7 nitrogen and oxygen atoms in total. The third kappa shape index (κ3) is 4.31. The third-order valence-electron chi connectivity index (χ3n) is 4.05. The maximum Gasteiger partial charge on any atom is 0.306 e. The van der Waals surface area contributed by atoms with Crippen molar-refractivity contribution in [3.63, 3.8) is 0 Å². The molecule has 2 rings (SSSR count). The molecule has 0 unspecified atom stereocenters. The Kier molecular flexibility index (Phi) is 6.70. The predicted molar refractivity (Wildman–Crippen MR) is 83.8 cm³/mol. The van der Waals surface area contributed by atoms with Crippen LogP contribution < -0.4 is 0 Å². The van der Waals surface area contributed by atoms with Gasteiger partial charge in [0.1, 0.15) is 30.5 Å². The lowest BCUT2D eigenvalue weighted by Gasteiger charge is -2.43. The van der Waals surface area contributed by atoms with E-state index < -0.39 is 42.6 Å². The number of carbonyl (C=O) groups excluding carboxylic acids is 1. The van der Waals surface area contributed by atoms with Gasteiger partial charge in [0.2, 0.25) is 0 Å². The van der Waals surface area contributed by atoms with Crippen molar-refractivity contribution < 1.29 is 34.7 Å². The molecule has 0 heterocycles. The summed E-state index contributed by atoms with van der Waals surface area (Å²) >= 11 is 0. The first-order valence-corrected chi connectivity index (χ1v) is 8.03. The van der Waals surface area contributed by atoms with E-state index in [4.69, 9.17) is 9.47 Å². The number of hydrogen-bond donors (Lipinski definition) is 4. The molecule has 6 atom stereocenters. The van der Waals surface area contributed by atoms with Crippen LogP contribution in [0.1, 0.15) is 25.3 Å². The van der Waals surface area contributed by atoms with Crippen LogP contribution in [0.5, 0.6) is 0 Å². The Labute approximate surface area is 140 Å². The molecule has 1 aliphatic rings. The smallest absolute Gasteiger partial charge is 0.306 e. The zero-order valence-electron chi connectivity index (χ0n) is 13.5. The van der Waals surface area contributed by atoms with Crippen LogP contribution in [0.3, 0.4) is 0 Å². The van der Waals surface area contributed by atoms with E-state index >= 15 is 0 Å². The normalized spacial score (nSPS) is 33.2. The number of aliphatic hydroxyl groups is 4. The van der Waals surface area contributed by atoms with Crippen molar-refractivity contribution in [3.8, 4) is 0 Å². The fourth-order valence-electron chi connectivity index (χ4n) is 2.70. The molecule has 1 fully saturated rings. The standard InChI is InChI=1S/C17H24O7/c1-2-6-11(18)24-17-14(21)12(19)13(20)16(15(17)22)23-9-10-7-4-3-5-8-10/h3-5,7-8,12-17,19-22H,2,6,9H2,1H3/t12-,13-,14+,15-,16+,17+/m0/s1. The average Bonchev–Trinajstić information content (AvgIpc) is 2.58. The molecule has 0 aromatic heterocycles. The summed E-state index contributed by atoms with van der Waals surface area (Å²) in [5.74, 6) is -0.592. The fourth-order valence-corrected chi connectivity index (χ4v) is 2.70. The van der Waals surface area contributed by atoms with Crippen LogP contribution in [0, 0.1) is 0 Å². The Balaban J connectivity index is 2.06. The molecule has 0 radical (unpaired) electrons. The van der Waals surface area contributed by atoms with Crippen molar-refractivity contribution in [3.05, 3.63) is 35.9 Å². The summed E-state index contributed by atoms with van der Waals surface area (Å²) in [5.41, 5.74) is 0.817. The van der Waals surface area contributed by atoms with E-state index in [1.165, 1.54) is 0 Å². The van der Waals surface area contributed by atoms with Crippen molar-refractivity contribution >= 4 is 5.97 Å². The topological polar surface area (TPSA) is 116 Å². The number of ether oxygens (including phenoxy) is 2. The Morgan fingerprint density at radius 3 is 2.21 bits per heavy atom. The zero-order chi connectivity index (χ0) is 17.7. The van der Waals surface area contributed by atoms with Crippen molar-refractivity contribution in [2.45, 2.75) is 63.0 Å². The highest BCUT2D eigenvalue weighted by atomic mass is 16.6.